The molecule has 0 aromatic heterocycles. The molecule has 16 heavy (non-hydrogen) atoms. The van der Waals surface area contributed by atoms with E-state index in [2.05, 4.69) is 25.1 Å². The van der Waals surface area contributed by atoms with Gasteiger partial charge in [0.15, 0.2) is 0 Å². The molecule has 1 aliphatic rings. The van der Waals surface area contributed by atoms with Crippen LogP contribution in [0.2, 0.25) is 0 Å². The van der Waals surface area contributed by atoms with Gasteiger partial charge in [0.25, 0.3) is 0 Å². The van der Waals surface area contributed by atoms with Crippen LogP contribution in [0.5, 0.6) is 0 Å². The smallest absolute Gasteiger partial charge is 0.00888 e. The molecule has 1 N–H and O–H groups in total. The minimum absolute atomic E-state index is 0.757. The molecule has 0 amide bonds. The van der Waals surface area contributed by atoms with Crippen molar-refractivity contribution in [2.45, 2.75) is 52.4 Å². The van der Waals surface area contributed by atoms with Gasteiger partial charge in [-0.25, -0.2) is 0 Å². The first-order valence-electron chi connectivity index (χ1n) is 6.88. The van der Waals surface area contributed by atoms with Crippen molar-refractivity contribution in [3.8, 4) is 12.3 Å². The third-order valence-corrected chi connectivity index (χ3v) is 3.69. The van der Waals surface area contributed by atoms with Gasteiger partial charge in [-0.2, -0.15) is 0 Å². The number of hydrogen-bond donors (Lipinski definition) is 1. The molecule has 0 aromatic carbocycles. The van der Waals surface area contributed by atoms with E-state index in [1.807, 2.05) is 0 Å². The quantitative estimate of drug-likeness (QED) is 0.677. The SMILES string of the molecule is C#CCCC1CCCCC1CNCC(C)C. The van der Waals surface area contributed by atoms with Crippen LogP contribution in [0.1, 0.15) is 52.4 Å². The van der Waals surface area contributed by atoms with Gasteiger partial charge in [-0.15, -0.1) is 12.3 Å². The molecule has 0 aromatic rings. The Balaban J connectivity index is 2.26. The van der Waals surface area contributed by atoms with Crippen LogP contribution in [-0.2, 0) is 0 Å². The molecule has 1 aliphatic carbocycles. The predicted molar refractivity (Wildman–Crippen MR) is 71.2 cm³/mol. The van der Waals surface area contributed by atoms with E-state index in [4.69, 9.17) is 6.42 Å². The summed E-state index contributed by atoms with van der Waals surface area (Å²) in [5.74, 6) is 5.30. The molecule has 0 radical (unpaired) electrons. The lowest BCUT2D eigenvalue weighted by Gasteiger charge is -2.31. The average molecular weight is 221 g/mol. The number of nitrogens with one attached hydrogen (secondary N) is 1. The lowest BCUT2D eigenvalue weighted by atomic mass is 9.77. The summed E-state index contributed by atoms with van der Waals surface area (Å²) >= 11 is 0. The van der Waals surface area contributed by atoms with E-state index < -0.39 is 0 Å². The standard InChI is InChI=1S/C15H27N/c1-4-5-8-14-9-6-7-10-15(14)12-16-11-13(2)3/h1,13-16H,5-12H2,2-3H3. The van der Waals surface area contributed by atoms with Crippen LogP contribution in [-0.4, -0.2) is 13.1 Å². The fourth-order valence-corrected chi connectivity index (χ4v) is 2.76. The molecular formula is C15H27N. The Morgan fingerprint density at radius 1 is 1.25 bits per heavy atom. The molecule has 2 unspecified atom stereocenters. The zero-order valence-corrected chi connectivity index (χ0v) is 11.0. The molecule has 0 bridgehead atoms. The summed E-state index contributed by atoms with van der Waals surface area (Å²) in [5.41, 5.74) is 0. The van der Waals surface area contributed by atoms with Gasteiger partial charge in [-0.3, -0.25) is 0 Å². The van der Waals surface area contributed by atoms with Gasteiger partial charge in [0.2, 0.25) is 0 Å². The Labute approximate surface area is 101 Å². The number of terminal acetylenes is 1. The molecule has 1 saturated carbocycles. The van der Waals surface area contributed by atoms with Crippen LogP contribution >= 0.6 is 0 Å². The Hall–Kier alpha value is -0.480. The normalized spacial score (nSPS) is 25.6. The van der Waals surface area contributed by atoms with Crippen molar-refractivity contribution in [1.29, 1.82) is 0 Å². The van der Waals surface area contributed by atoms with Crippen molar-refractivity contribution in [3.05, 3.63) is 0 Å². The Kier molecular flexibility index (Phi) is 6.57. The molecule has 1 fully saturated rings. The van der Waals surface area contributed by atoms with Crippen LogP contribution in [0, 0.1) is 30.1 Å². The molecule has 2 atom stereocenters. The topological polar surface area (TPSA) is 12.0 Å². The fraction of sp³-hybridized carbons (Fsp3) is 0.867. The fourth-order valence-electron chi connectivity index (χ4n) is 2.76. The monoisotopic (exact) mass is 221 g/mol. The van der Waals surface area contributed by atoms with Crippen molar-refractivity contribution >= 4 is 0 Å². The van der Waals surface area contributed by atoms with Crippen LogP contribution in [0.25, 0.3) is 0 Å². The van der Waals surface area contributed by atoms with E-state index in [0.717, 1.165) is 30.7 Å². The summed E-state index contributed by atoms with van der Waals surface area (Å²) in [6, 6.07) is 0. The lowest BCUT2D eigenvalue weighted by Crippen LogP contribution is -2.32. The van der Waals surface area contributed by atoms with Gasteiger partial charge < -0.3 is 5.32 Å². The van der Waals surface area contributed by atoms with Crippen molar-refractivity contribution < 1.29 is 0 Å². The predicted octanol–water partition coefficient (Wildman–Crippen LogP) is 3.45. The van der Waals surface area contributed by atoms with E-state index in [9.17, 15) is 0 Å². The molecule has 0 saturated heterocycles. The minimum Gasteiger partial charge on any atom is -0.316 e. The first-order valence-corrected chi connectivity index (χ1v) is 6.88. The Morgan fingerprint density at radius 2 is 1.94 bits per heavy atom. The molecule has 1 rings (SSSR count). The summed E-state index contributed by atoms with van der Waals surface area (Å²) in [5, 5.41) is 3.61. The highest BCUT2D eigenvalue weighted by molar-refractivity contribution is 4.87. The largest absolute Gasteiger partial charge is 0.316 e. The van der Waals surface area contributed by atoms with Crippen molar-refractivity contribution in [3.63, 3.8) is 0 Å². The third-order valence-electron chi connectivity index (χ3n) is 3.69. The van der Waals surface area contributed by atoms with E-state index in [1.54, 1.807) is 0 Å². The maximum Gasteiger partial charge on any atom is 0.00888 e. The maximum atomic E-state index is 5.37. The van der Waals surface area contributed by atoms with Gasteiger partial charge in [0.05, 0.1) is 0 Å². The van der Waals surface area contributed by atoms with Gasteiger partial charge in [-0.05, 0) is 43.7 Å². The zero-order valence-electron chi connectivity index (χ0n) is 11.0. The molecule has 0 aliphatic heterocycles. The van der Waals surface area contributed by atoms with Crippen LogP contribution in [0.4, 0.5) is 0 Å². The molecule has 0 heterocycles. The molecule has 92 valence electrons. The summed E-state index contributed by atoms with van der Waals surface area (Å²) in [4.78, 5) is 0. The van der Waals surface area contributed by atoms with E-state index in [1.165, 1.54) is 38.6 Å². The highest BCUT2D eigenvalue weighted by Crippen LogP contribution is 2.32. The number of rotatable bonds is 6. The molecule has 1 nitrogen and oxygen atoms in total. The first kappa shape index (κ1) is 13.6. The maximum absolute atomic E-state index is 5.37. The Morgan fingerprint density at radius 3 is 2.56 bits per heavy atom. The van der Waals surface area contributed by atoms with Crippen molar-refractivity contribution in [2.75, 3.05) is 13.1 Å². The second kappa shape index (κ2) is 7.74. The van der Waals surface area contributed by atoms with Gasteiger partial charge in [0.1, 0.15) is 0 Å². The van der Waals surface area contributed by atoms with E-state index in [0.29, 0.717) is 0 Å². The van der Waals surface area contributed by atoms with E-state index >= 15 is 0 Å². The van der Waals surface area contributed by atoms with Crippen LogP contribution in [0.15, 0.2) is 0 Å². The van der Waals surface area contributed by atoms with Crippen LogP contribution < -0.4 is 5.32 Å². The zero-order chi connectivity index (χ0) is 11.8. The van der Waals surface area contributed by atoms with Crippen molar-refractivity contribution in [2.24, 2.45) is 17.8 Å². The second-order valence-corrected chi connectivity index (χ2v) is 5.60. The first-order chi connectivity index (χ1) is 7.74. The minimum atomic E-state index is 0.757. The van der Waals surface area contributed by atoms with Gasteiger partial charge in [0, 0.05) is 6.42 Å². The van der Waals surface area contributed by atoms with Gasteiger partial charge in [-0.1, -0.05) is 33.1 Å². The van der Waals surface area contributed by atoms with Crippen LogP contribution in [0.3, 0.4) is 0 Å². The molecular weight excluding hydrogens is 194 g/mol. The summed E-state index contributed by atoms with van der Waals surface area (Å²) < 4.78 is 0. The third kappa shape index (κ3) is 5.03. The highest BCUT2D eigenvalue weighted by atomic mass is 14.9. The number of hydrogen-bond acceptors (Lipinski definition) is 1. The summed E-state index contributed by atoms with van der Waals surface area (Å²) in [6.07, 6.45) is 13.2. The second-order valence-electron chi connectivity index (χ2n) is 5.60. The molecule has 1 heteroatoms. The van der Waals surface area contributed by atoms with Crippen molar-refractivity contribution in [1.82, 2.24) is 5.32 Å². The lowest BCUT2D eigenvalue weighted by molar-refractivity contribution is 0.218. The summed E-state index contributed by atoms with van der Waals surface area (Å²) in [7, 11) is 0. The average Bonchev–Trinajstić information content (AvgIpc) is 2.27. The summed E-state index contributed by atoms with van der Waals surface area (Å²) in [6.45, 7) is 6.89. The highest BCUT2D eigenvalue weighted by Gasteiger charge is 2.23. The Bertz CT molecular complexity index is 214. The van der Waals surface area contributed by atoms with E-state index in [-0.39, 0.29) is 0 Å². The molecule has 0 spiro atoms. The van der Waals surface area contributed by atoms with Gasteiger partial charge >= 0.3 is 0 Å².